The van der Waals surface area contributed by atoms with Crippen molar-refractivity contribution < 1.29 is 64.6 Å². The van der Waals surface area contributed by atoms with Crippen molar-refractivity contribution in [2.45, 2.75) is 383 Å². The number of carbonyl (C=O) groups excluding carboxylic acids is 1. The van der Waals surface area contributed by atoms with Gasteiger partial charge in [0.1, 0.15) is 48.8 Å². The summed E-state index contributed by atoms with van der Waals surface area (Å²) >= 11 is 0. The summed E-state index contributed by atoms with van der Waals surface area (Å²) in [5.74, 6) is -0.205. The van der Waals surface area contributed by atoms with E-state index in [2.05, 4.69) is 19.2 Å². The number of carbonyl (C=O) groups is 1. The van der Waals surface area contributed by atoms with Crippen LogP contribution in [0.1, 0.15) is 309 Å². The molecule has 2 saturated heterocycles. The zero-order valence-electron chi connectivity index (χ0n) is 50.2. The molecule has 9 N–H and O–H groups in total. The van der Waals surface area contributed by atoms with E-state index in [1.54, 1.807) is 0 Å². The number of hydrogen-bond donors (Lipinski definition) is 9. The van der Waals surface area contributed by atoms with Crippen LogP contribution in [0.2, 0.25) is 0 Å². The number of aliphatic hydroxyl groups excluding tert-OH is 8. The molecule has 12 unspecified atom stereocenters. The maximum absolute atomic E-state index is 13.2. The van der Waals surface area contributed by atoms with Crippen molar-refractivity contribution in [1.29, 1.82) is 0 Å². The zero-order valence-corrected chi connectivity index (χ0v) is 50.2. The smallest absolute Gasteiger partial charge is 0.220 e. The van der Waals surface area contributed by atoms with Crippen LogP contribution in [0.4, 0.5) is 0 Å². The molecule has 14 nitrogen and oxygen atoms in total. The summed E-state index contributed by atoms with van der Waals surface area (Å²) in [5, 5.41) is 86.7. The van der Waals surface area contributed by atoms with E-state index in [4.69, 9.17) is 18.9 Å². The molecule has 0 spiro atoms. The van der Waals surface area contributed by atoms with Gasteiger partial charge >= 0.3 is 0 Å². The predicted molar refractivity (Wildman–Crippen MR) is 314 cm³/mol. The van der Waals surface area contributed by atoms with Crippen molar-refractivity contribution in [3.05, 3.63) is 0 Å². The van der Waals surface area contributed by atoms with Gasteiger partial charge in [0, 0.05) is 6.42 Å². The monoisotopic (exact) mass is 1120 g/mol. The van der Waals surface area contributed by atoms with Gasteiger partial charge in [-0.25, -0.2) is 0 Å². The molecule has 12 atom stereocenters. The summed E-state index contributed by atoms with van der Waals surface area (Å²) in [6.45, 7) is 2.82. The molecular formula is C64H125NO13. The molecule has 0 aliphatic carbocycles. The third-order valence-electron chi connectivity index (χ3n) is 16.8. The molecule has 0 radical (unpaired) electrons. The lowest BCUT2D eigenvalue weighted by Crippen LogP contribution is -2.65. The first-order valence-corrected chi connectivity index (χ1v) is 33.3. The number of ether oxygens (including phenoxy) is 4. The van der Waals surface area contributed by atoms with Gasteiger partial charge in [-0.3, -0.25) is 4.79 Å². The highest BCUT2D eigenvalue weighted by molar-refractivity contribution is 5.76. The topological polar surface area (TPSA) is 228 Å². The summed E-state index contributed by atoms with van der Waals surface area (Å²) in [4.78, 5) is 13.2. The lowest BCUT2D eigenvalue weighted by Gasteiger charge is -2.46. The summed E-state index contributed by atoms with van der Waals surface area (Å²) < 4.78 is 22.7. The second-order valence-electron chi connectivity index (χ2n) is 24.0. The van der Waals surface area contributed by atoms with Crippen molar-refractivity contribution in [2.75, 3.05) is 19.8 Å². The Labute approximate surface area is 476 Å². The standard InChI is InChI=1S/C64H125NO13/c1-3-5-7-9-11-12-13-14-15-16-17-18-19-20-21-22-23-24-25-26-27-28-29-30-31-32-33-34-35-36-37-38-39-40-41-42-44-46-48-56(69)65-52(53(68)47-45-43-10-8-6-4-2)51-75-63-61(74)59(72)62(55(50-67)77-63)78-64-60(73)58(71)57(70)54(49-66)76-64/h52-55,57-64,66-68,70-74H,3-51H2,1-2H3,(H,65,69). The highest BCUT2D eigenvalue weighted by Crippen LogP contribution is 2.30. The van der Waals surface area contributed by atoms with Gasteiger partial charge in [-0.05, 0) is 12.8 Å². The zero-order chi connectivity index (χ0) is 56.7. The minimum absolute atomic E-state index is 0.205. The lowest BCUT2D eigenvalue weighted by atomic mass is 9.97. The molecule has 2 aliphatic heterocycles. The molecule has 2 aliphatic rings. The van der Waals surface area contributed by atoms with Crippen molar-refractivity contribution in [2.24, 2.45) is 0 Å². The Morgan fingerprint density at radius 3 is 1.09 bits per heavy atom. The molecule has 0 aromatic heterocycles. The Kier molecular flexibility index (Phi) is 47.3. The first-order chi connectivity index (χ1) is 38.1. The van der Waals surface area contributed by atoms with Gasteiger partial charge in [0.2, 0.25) is 5.91 Å². The molecule has 1 amide bonds. The molecule has 464 valence electrons. The lowest BCUT2D eigenvalue weighted by molar-refractivity contribution is -0.359. The quantitative estimate of drug-likeness (QED) is 0.0259. The molecule has 0 aromatic carbocycles. The van der Waals surface area contributed by atoms with Crippen LogP contribution < -0.4 is 5.32 Å². The number of nitrogens with one attached hydrogen (secondary N) is 1. The van der Waals surface area contributed by atoms with Gasteiger partial charge < -0.3 is 65.1 Å². The van der Waals surface area contributed by atoms with Crippen LogP contribution in [-0.4, -0.2) is 140 Å². The van der Waals surface area contributed by atoms with Gasteiger partial charge in [0.15, 0.2) is 12.6 Å². The molecule has 0 saturated carbocycles. The molecule has 0 aromatic rings. The molecule has 14 heteroatoms. The summed E-state index contributed by atoms with van der Waals surface area (Å²) in [6.07, 6.45) is 42.2. The summed E-state index contributed by atoms with van der Waals surface area (Å²) in [7, 11) is 0. The Bertz CT molecular complexity index is 1310. The Hall–Kier alpha value is -1.01. The molecule has 2 heterocycles. The van der Waals surface area contributed by atoms with Crippen molar-refractivity contribution in [1.82, 2.24) is 5.32 Å². The van der Waals surface area contributed by atoms with E-state index >= 15 is 0 Å². The van der Waals surface area contributed by atoms with Crippen molar-refractivity contribution in [3.63, 3.8) is 0 Å². The van der Waals surface area contributed by atoms with Gasteiger partial charge in [0.25, 0.3) is 0 Å². The van der Waals surface area contributed by atoms with Gasteiger partial charge in [0.05, 0.1) is 32.0 Å². The molecule has 0 bridgehead atoms. The fourth-order valence-corrected chi connectivity index (χ4v) is 11.5. The summed E-state index contributed by atoms with van der Waals surface area (Å²) in [5.41, 5.74) is 0. The molecule has 2 rings (SSSR count). The Balaban J connectivity index is 1.46. The van der Waals surface area contributed by atoms with Gasteiger partial charge in [-0.2, -0.15) is 0 Å². The average Bonchev–Trinajstić information content (AvgIpc) is 3.46. The number of unbranched alkanes of at least 4 members (excludes halogenated alkanes) is 42. The second-order valence-corrected chi connectivity index (χ2v) is 24.0. The van der Waals surface area contributed by atoms with Gasteiger partial charge in [-0.1, -0.05) is 290 Å². The molecule has 78 heavy (non-hydrogen) atoms. The van der Waals surface area contributed by atoms with Crippen LogP contribution in [0.3, 0.4) is 0 Å². The minimum Gasteiger partial charge on any atom is -0.394 e. The van der Waals surface area contributed by atoms with Crippen LogP contribution >= 0.6 is 0 Å². The third-order valence-corrected chi connectivity index (χ3v) is 16.8. The molecular weight excluding hydrogens is 991 g/mol. The molecule has 2 fully saturated rings. The van der Waals surface area contributed by atoms with E-state index in [1.807, 2.05) is 0 Å². The first-order valence-electron chi connectivity index (χ1n) is 33.3. The first kappa shape index (κ1) is 73.1. The SMILES string of the molecule is CCCCCCCCCCCCCCCCCCCCCCCCCCCCCCCCCCCCCCCCC(=O)NC(COC1OC(CO)C(OC2OC(CO)C(O)C(O)C2O)C(O)C1O)C(O)CCCCCCCC. The number of hydrogen-bond acceptors (Lipinski definition) is 13. The average molecular weight is 1120 g/mol. The van der Waals surface area contributed by atoms with Gasteiger partial charge in [-0.15, -0.1) is 0 Å². The Morgan fingerprint density at radius 2 is 0.731 bits per heavy atom. The van der Waals surface area contributed by atoms with E-state index < -0.39 is 86.8 Å². The normalized spacial score (nSPS) is 24.4. The number of amides is 1. The fraction of sp³-hybridized carbons (Fsp3) is 0.984. The van der Waals surface area contributed by atoms with E-state index in [-0.39, 0.29) is 12.5 Å². The van der Waals surface area contributed by atoms with Crippen molar-refractivity contribution in [3.8, 4) is 0 Å². The summed E-state index contributed by atoms with van der Waals surface area (Å²) in [6, 6.07) is -0.820. The Morgan fingerprint density at radius 1 is 0.410 bits per heavy atom. The third kappa shape index (κ3) is 35.2. The minimum atomic E-state index is -1.78. The van der Waals surface area contributed by atoms with E-state index in [1.165, 1.54) is 218 Å². The maximum Gasteiger partial charge on any atom is 0.220 e. The van der Waals surface area contributed by atoms with Crippen LogP contribution in [0.5, 0.6) is 0 Å². The fourth-order valence-electron chi connectivity index (χ4n) is 11.5. The maximum atomic E-state index is 13.2. The van der Waals surface area contributed by atoms with E-state index in [0.29, 0.717) is 12.8 Å². The van der Waals surface area contributed by atoms with Crippen LogP contribution in [0, 0.1) is 0 Å². The highest BCUT2D eigenvalue weighted by Gasteiger charge is 2.51. The largest absolute Gasteiger partial charge is 0.394 e. The predicted octanol–water partition coefficient (Wildman–Crippen LogP) is 12.5. The van der Waals surface area contributed by atoms with Crippen molar-refractivity contribution >= 4 is 5.91 Å². The van der Waals surface area contributed by atoms with Crippen LogP contribution in [0.15, 0.2) is 0 Å². The van der Waals surface area contributed by atoms with Crippen LogP contribution in [-0.2, 0) is 23.7 Å². The van der Waals surface area contributed by atoms with E-state index in [9.17, 15) is 45.6 Å². The number of aliphatic hydroxyl groups is 8. The van der Waals surface area contributed by atoms with E-state index in [0.717, 1.165) is 64.2 Å². The van der Waals surface area contributed by atoms with Crippen LogP contribution in [0.25, 0.3) is 0 Å². The highest BCUT2D eigenvalue weighted by atomic mass is 16.7. The second kappa shape index (κ2) is 50.5. The number of rotatable bonds is 55.